The number of amides is 1. The van der Waals surface area contributed by atoms with Gasteiger partial charge in [0.05, 0.1) is 5.56 Å². The molecule has 1 aliphatic rings. The third kappa shape index (κ3) is 5.07. The standard InChI is InChI=1S/C19H22F3N5O2/c1-13-12-16(25(2)3)24-18(23-13)27-10-8-26(9-11-27)17(28)14-6-4-5-7-15(14)29-19(20,21)22/h4-7,12H,8-11H2,1-3H3. The molecule has 2 heterocycles. The lowest BCUT2D eigenvalue weighted by atomic mass is 10.1. The Morgan fingerprint density at radius 3 is 2.38 bits per heavy atom. The Kier molecular flexibility index (Phi) is 5.81. The molecule has 0 saturated carbocycles. The molecule has 1 aliphatic heterocycles. The second-order valence-electron chi connectivity index (χ2n) is 6.89. The molecule has 1 saturated heterocycles. The number of rotatable bonds is 4. The Morgan fingerprint density at radius 2 is 1.76 bits per heavy atom. The fourth-order valence-corrected chi connectivity index (χ4v) is 3.04. The molecule has 1 amide bonds. The highest BCUT2D eigenvalue weighted by molar-refractivity contribution is 5.97. The number of piperazine rings is 1. The number of aromatic nitrogens is 2. The van der Waals surface area contributed by atoms with Gasteiger partial charge in [-0.2, -0.15) is 4.98 Å². The number of carbonyl (C=O) groups excluding carboxylic acids is 1. The lowest BCUT2D eigenvalue weighted by Crippen LogP contribution is -2.49. The fourth-order valence-electron chi connectivity index (χ4n) is 3.04. The van der Waals surface area contributed by atoms with Crippen molar-refractivity contribution in [3.8, 4) is 5.75 Å². The van der Waals surface area contributed by atoms with Gasteiger partial charge in [-0.15, -0.1) is 13.2 Å². The Balaban J connectivity index is 1.71. The van der Waals surface area contributed by atoms with E-state index in [4.69, 9.17) is 0 Å². The Labute approximate surface area is 166 Å². The topological polar surface area (TPSA) is 61.8 Å². The molecule has 7 nitrogen and oxygen atoms in total. The van der Waals surface area contributed by atoms with Crippen molar-refractivity contribution >= 4 is 17.7 Å². The summed E-state index contributed by atoms with van der Waals surface area (Å²) in [6.45, 7) is 3.52. The number of halogens is 3. The van der Waals surface area contributed by atoms with Crippen LogP contribution in [-0.4, -0.2) is 67.4 Å². The molecule has 0 atom stereocenters. The van der Waals surface area contributed by atoms with Gasteiger partial charge < -0.3 is 19.4 Å². The van der Waals surface area contributed by atoms with Crippen molar-refractivity contribution in [1.29, 1.82) is 0 Å². The van der Waals surface area contributed by atoms with E-state index in [1.165, 1.54) is 23.1 Å². The molecule has 2 aromatic rings. The highest BCUT2D eigenvalue weighted by atomic mass is 19.4. The zero-order chi connectivity index (χ0) is 21.2. The van der Waals surface area contributed by atoms with Crippen LogP contribution in [0.2, 0.25) is 0 Å². The van der Waals surface area contributed by atoms with E-state index in [9.17, 15) is 18.0 Å². The number of benzene rings is 1. The van der Waals surface area contributed by atoms with Crippen LogP contribution in [0.3, 0.4) is 0 Å². The number of aryl methyl sites for hydroxylation is 1. The largest absolute Gasteiger partial charge is 0.573 e. The summed E-state index contributed by atoms with van der Waals surface area (Å²) in [5.41, 5.74) is 0.718. The van der Waals surface area contributed by atoms with Gasteiger partial charge in [-0.25, -0.2) is 4.98 Å². The maximum Gasteiger partial charge on any atom is 0.573 e. The number of hydrogen-bond acceptors (Lipinski definition) is 6. The molecule has 1 aromatic carbocycles. The molecule has 0 bridgehead atoms. The van der Waals surface area contributed by atoms with Crippen molar-refractivity contribution in [2.75, 3.05) is 50.1 Å². The van der Waals surface area contributed by atoms with Gasteiger partial charge in [-0.1, -0.05) is 12.1 Å². The first kappa shape index (κ1) is 20.7. The van der Waals surface area contributed by atoms with E-state index in [0.717, 1.165) is 17.6 Å². The van der Waals surface area contributed by atoms with Crippen LogP contribution in [0.4, 0.5) is 24.9 Å². The summed E-state index contributed by atoms with van der Waals surface area (Å²) >= 11 is 0. The highest BCUT2D eigenvalue weighted by Gasteiger charge is 2.34. The summed E-state index contributed by atoms with van der Waals surface area (Å²) in [4.78, 5) is 27.1. The summed E-state index contributed by atoms with van der Waals surface area (Å²) in [7, 11) is 3.78. The van der Waals surface area contributed by atoms with E-state index >= 15 is 0 Å². The molecular weight excluding hydrogens is 387 g/mol. The minimum absolute atomic E-state index is 0.111. The van der Waals surface area contributed by atoms with Crippen molar-refractivity contribution in [3.05, 3.63) is 41.6 Å². The molecule has 3 rings (SSSR count). The van der Waals surface area contributed by atoms with Crippen LogP contribution < -0.4 is 14.5 Å². The van der Waals surface area contributed by atoms with Gasteiger partial charge in [0.1, 0.15) is 11.6 Å². The Bertz CT molecular complexity index is 880. The molecule has 29 heavy (non-hydrogen) atoms. The lowest BCUT2D eigenvalue weighted by Gasteiger charge is -2.35. The second kappa shape index (κ2) is 8.14. The SMILES string of the molecule is Cc1cc(N(C)C)nc(N2CCN(C(=O)c3ccccc3OC(F)(F)F)CC2)n1. The van der Waals surface area contributed by atoms with Crippen LogP contribution in [0, 0.1) is 6.92 Å². The predicted molar refractivity (Wildman–Crippen MR) is 102 cm³/mol. The van der Waals surface area contributed by atoms with Gasteiger partial charge in [0.15, 0.2) is 0 Å². The van der Waals surface area contributed by atoms with Crippen molar-refractivity contribution in [3.63, 3.8) is 0 Å². The number of carbonyl (C=O) groups is 1. The minimum Gasteiger partial charge on any atom is -0.405 e. The third-order valence-electron chi connectivity index (χ3n) is 4.48. The number of anilines is 2. The summed E-state index contributed by atoms with van der Waals surface area (Å²) in [5.74, 6) is 0.361. The first-order chi connectivity index (χ1) is 13.6. The summed E-state index contributed by atoms with van der Waals surface area (Å²) < 4.78 is 41.9. The van der Waals surface area contributed by atoms with Crippen molar-refractivity contribution < 1.29 is 22.7 Å². The Morgan fingerprint density at radius 1 is 1.10 bits per heavy atom. The van der Waals surface area contributed by atoms with Gasteiger partial charge in [0, 0.05) is 52.0 Å². The van der Waals surface area contributed by atoms with Gasteiger partial charge in [0.25, 0.3) is 5.91 Å². The van der Waals surface area contributed by atoms with Crippen LogP contribution in [0.15, 0.2) is 30.3 Å². The quantitative estimate of drug-likeness (QED) is 0.774. The maximum atomic E-state index is 12.8. The van der Waals surface area contributed by atoms with Crippen molar-refractivity contribution in [1.82, 2.24) is 14.9 Å². The molecule has 0 aliphatic carbocycles. The van der Waals surface area contributed by atoms with E-state index in [1.54, 1.807) is 0 Å². The normalized spacial score (nSPS) is 14.7. The van der Waals surface area contributed by atoms with E-state index in [0.29, 0.717) is 32.1 Å². The second-order valence-corrected chi connectivity index (χ2v) is 6.89. The van der Waals surface area contributed by atoms with Crippen LogP contribution >= 0.6 is 0 Å². The number of nitrogens with zero attached hydrogens (tertiary/aromatic N) is 5. The summed E-state index contributed by atoms with van der Waals surface area (Å²) in [5, 5.41) is 0. The number of alkyl halides is 3. The Hall–Kier alpha value is -3.04. The van der Waals surface area contributed by atoms with Gasteiger partial charge >= 0.3 is 6.36 Å². The van der Waals surface area contributed by atoms with Crippen LogP contribution in [0.1, 0.15) is 16.1 Å². The molecule has 1 aromatic heterocycles. The highest BCUT2D eigenvalue weighted by Crippen LogP contribution is 2.27. The molecule has 0 radical (unpaired) electrons. The molecule has 156 valence electrons. The molecular formula is C19H22F3N5O2. The number of para-hydroxylation sites is 1. The average Bonchev–Trinajstić information content (AvgIpc) is 2.66. The average molecular weight is 409 g/mol. The fraction of sp³-hybridized carbons (Fsp3) is 0.421. The van der Waals surface area contributed by atoms with E-state index in [2.05, 4.69) is 14.7 Å². The molecule has 0 N–H and O–H groups in total. The molecule has 1 fully saturated rings. The van der Waals surface area contributed by atoms with Gasteiger partial charge in [-0.05, 0) is 19.1 Å². The monoisotopic (exact) mass is 409 g/mol. The smallest absolute Gasteiger partial charge is 0.405 e. The minimum atomic E-state index is -4.86. The maximum absolute atomic E-state index is 12.8. The number of hydrogen-bond donors (Lipinski definition) is 0. The van der Waals surface area contributed by atoms with E-state index in [1.807, 2.05) is 36.9 Å². The van der Waals surface area contributed by atoms with Crippen LogP contribution in [0.25, 0.3) is 0 Å². The third-order valence-corrected chi connectivity index (χ3v) is 4.48. The molecule has 0 unspecified atom stereocenters. The predicted octanol–water partition coefficient (Wildman–Crippen LogP) is 2.71. The first-order valence-corrected chi connectivity index (χ1v) is 9.06. The van der Waals surface area contributed by atoms with E-state index in [-0.39, 0.29) is 5.56 Å². The van der Waals surface area contributed by atoms with Gasteiger partial charge in [0.2, 0.25) is 5.95 Å². The van der Waals surface area contributed by atoms with Crippen molar-refractivity contribution in [2.45, 2.75) is 13.3 Å². The summed E-state index contributed by atoms with van der Waals surface area (Å²) in [6, 6.07) is 7.26. The molecule has 10 heteroatoms. The van der Waals surface area contributed by atoms with Gasteiger partial charge in [-0.3, -0.25) is 4.79 Å². The zero-order valence-corrected chi connectivity index (χ0v) is 16.4. The van der Waals surface area contributed by atoms with E-state index < -0.39 is 18.0 Å². The lowest BCUT2D eigenvalue weighted by molar-refractivity contribution is -0.274. The van der Waals surface area contributed by atoms with Crippen LogP contribution in [-0.2, 0) is 0 Å². The van der Waals surface area contributed by atoms with Crippen molar-refractivity contribution in [2.24, 2.45) is 0 Å². The summed E-state index contributed by atoms with van der Waals surface area (Å²) in [6.07, 6.45) is -4.86. The number of ether oxygens (including phenoxy) is 1. The zero-order valence-electron chi connectivity index (χ0n) is 16.4. The first-order valence-electron chi connectivity index (χ1n) is 9.06. The molecule has 0 spiro atoms. The van der Waals surface area contributed by atoms with Crippen LogP contribution in [0.5, 0.6) is 5.75 Å².